The van der Waals surface area contributed by atoms with Crippen LogP contribution in [0.3, 0.4) is 0 Å². The van der Waals surface area contributed by atoms with Crippen LogP contribution in [-0.4, -0.2) is 20.3 Å². The monoisotopic (exact) mass is 405 g/mol. The summed E-state index contributed by atoms with van der Waals surface area (Å²) in [5.41, 5.74) is 2.31. The van der Waals surface area contributed by atoms with Gasteiger partial charge in [-0.25, -0.2) is 4.98 Å². The normalized spacial score (nSPS) is 10.8. The lowest BCUT2D eigenvalue weighted by Gasteiger charge is -2.10. The fourth-order valence-corrected chi connectivity index (χ4v) is 2.98. The lowest BCUT2D eigenvalue weighted by molar-refractivity contribution is 0.101. The third kappa shape index (κ3) is 4.17. The molecule has 4 aromatic rings. The van der Waals surface area contributed by atoms with Crippen LogP contribution in [0.25, 0.3) is 16.6 Å². The number of Topliss-reactive ketones (excluding diaryl/α,β-unsaturated/α-hetero) is 1. The first-order chi connectivity index (χ1) is 14.0. The molecule has 4 rings (SSSR count). The van der Waals surface area contributed by atoms with Crippen LogP contribution in [0.15, 0.2) is 71.8 Å². The number of ether oxygens (including phenoxy) is 1. The molecule has 0 radical (unpaired) electrons. The summed E-state index contributed by atoms with van der Waals surface area (Å²) in [5, 5.41) is 1.40. The molecule has 6 nitrogen and oxygen atoms in total. The van der Waals surface area contributed by atoms with Gasteiger partial charge in [-0.1, -0.05) is 17.7 Å². The topological polar surface area (TPSA) is 74.1 Å². The quantitative estimate of drug-likeness (QED) is 0.465. The number of halogens is 1. The van der Waals surface area contributed by atoms with Crippen LogP contribution < -0.4 is 10.3 Å². The van der Waals surface area contributed by atoms with E-state index < -0.39 is 0 Å². The molecule has 3 heterocycles. The molecule has 0 atom stereocenters. The molecule has 3 aromatic heterocycles. The number of hydrogen-bond donors (Lipinski definition) is 0. The summed E-state index contributed by atoms with van der Waals surface area (Å²) in [5.74, 6) is 0.369. The van der Waals surface area contributed by atoms with Crippen molar-refractivity contribution in [2.24, 2.45) is 0 Å². The van der Waals surface area contributed by atoms with Gasteiger partial charge in [0, 0.05) is 36.5 Å². The highest BCUT2D eigenvalue weighted by molar-refractivity contribution is 6.30. The maximum Gasteiger partial charge on any atom is 0.258 e. The molecular formula is C22H16ClN3O3. The smallest absolute Gasteiger partial charge is 0.258 e. The molecular weight excluding hydrogens is 390 g/mol. The van der Waals surface area contributed by atoms with E-state index >= 15 is 0 Å². The molecule has 0 saturated carbocycles. The third-order valence-corrected chi connectivity index (χ3v) is 4.60. The zero-order chi connectivity index (χ0) is 20.4. The summed E-state index contributed by atoms with van der Waals surface area (Å²) in [7, 11) is 0. The Labute approximate surface area is 171 Å². The molecule has 0 aliphatic carbocycles. The number of pyridine rings is 3. The van der Waals surface area contributed by atoms with Gasteiger partial charge in [0.15, 0.2) is 5.78 Å². The first kappa shape index (κ1) is 18.8. The minimum absolute atomic E-state index is 0.0865. The fourth-order valence-electron chi connectivity index (χ4n) is 2.87. The number of benzene rings is 1. The van der Waals surface area contributed by atoms with Crippen LogP contribution in [0.4, 0.5) is 0 Å². The summed E-state index contributed by atoms with van der Waals surface area (Å²) in [6.07, 6.45) is 3.21. The lowest BCUT2D eigenvalue weighted by Crippen LogP contribution is -2.16. The van der Waals surface area contributed by atoms with Crippen LogP contribution in [0.5, 0.6) is 5.75 Å². The van der Waals surface area contributed by atoms with Gasteiger partial charge in [0.25, 0.3) is 5.56 Å². The Kier molecular flexibility index (Phi) is 5.10. The maximum absolute atomic E-state index is 12.6. The molecule has 0 bridgehead atoms. The SMILES string of the molecule is CC(=O)c1ccc2cc(-n3ccc(OCc4ccc(Cl)cn4)cc3=O)ccc2n1. The summed E-state index contributed by atoms with van der Waals surface area (Å²) in [6.45, 7) is 1.72. The van der Waals surface area contributed by atoms with Gasteiger partial charge >= 0.3 is 0 Å². The molecule has 1 aromatic carbocycles. The minimum atomic E-state index is -0.223. The van der Waals surface area contributed by atoms with E-state index in [1.54, 1.807) is 48.8 Å². The third-order valence-electron chi connectivity index (χ3n) is 4.38. The van der Waals surface area contributed by atoms with E-state index in [0.717, 1.165) is 5.39 Å². The van der Waals surface area contributed by atoms with Crippen molar-refractivity contribution >= 4 is 28.3 Å². The summed E-state index contributed by atoms with van der Waals surface area (Å²) in [6, 6.07) is 15.6. The molecule has 0 spiro atoms. The number of aromatic nitrogens is 3. The van der Waals surface area contributed by atoms with E-state index in [-0.39, 0.29) is 17.9 Å². The summed E-state index contributed by atoms with van der Waals surface area (Å²) in [4.78, 5) is 32.5. The van der Waals surface area contributed by atoms with Crippen LogP contribution in [0.2, 0.25) is 5.02 Å². The standard InChI is InChI=1S/C22H16ClN3O3/c1-14(27)20-6-2-15-10-18(5-7-21(15)25-20)26-9-8-19(11-22(26)28)29-13-17-4-3-16(23)12-24-17/h2-12H,13H2,1H3. The second-order valence-electron chi connectivity index (χ2n) is 6.46. The Morgan fingerprint density at radius 2 is 1.97 bits per heavy atom. The van der Waals surface area contributed by atoms with Crippen molar-refractivity contribution in [2.45, 2.75) is 13.5 Å². The molecule has 0 unspecified atom stereocenters. The van der Waals surface area contributed by atoms with Crippen LogP contribution >= 0.6 is 11.6 Å². The Hall–Kier alpha value is -3.51. The number of carbonyl (C=O) groups excluding carboxylic acids is 1. The van der Waals surface area contributed by atoms with Gasteiger partial charge in [-0.05, 0) is 42.5 Å². The molecule has 0 amide bonds. The van der Waals surface area contributed by atoms with Gasteiger partial charge in [-0.15, -0.1) is 0 Å². The van der Waals surface area contributed by atoms with Crippen molar-refractivity contribution in [3.63, 3.8) is 0 Å². The number of carbonyl (C=O) groups is 1. The molecule has 0 aliphatic heterocycles. The van der Waals surface area contributed by atoms with Crippen molar-refractivity contribution in [1.29, 1.82) is 0 Å². The maximum atomic E-state index is 12.6. The number of nitrogens with zero attached hydrogens (tertiary/aromatic N) is 3. The molecule has 0 N–H and O–H groups in total. The number of ketones is 1. The van der Waals surface area contributed by atoms with Crippen molar-refractivity contribution in [1.82, 2.24) is 14.5 Å². The van der Waals surface area contributed by atoms with Crippen molar-refractivity contribution in [3.05, 3.63) is 93.8 Å². The highest BCUT2D eigenvalue weighted by atomic mass is 35.5. The van der Waals surface area contributed by atoms with E-state index in [1.807, 2.05) is 12.1 Å². The highest BCUT2D eigenvalue weighted by Gasteiger charge is 2.07. The summed E-state index contributed by atoms with van der Waals surface area (Å²) >= 11 is 5.82. The second-order valence-corrected chi connectivity index (χ2v) is 6.89. The van der Waals surface area contributed by atoms with E-state index in [4.69, 9.17) is 16.3 Å². The molecule has 7 heteroatoms. The molecule has 0 aliphatic rings. The number of hydrogen-bond acceptors (Lipinski definition) is 5. The Morgan fingerprint density at radius 1 is 1.10 bits per heavy atom. The Balaban J connectivity index is 1.57. The van der Waals surface area contributed by atoms with Gasteiger partial charge in [-0.3, -0.25) is 19.1 Å². The van der Waals surface area contributed by atoms with Gasteiger partial charge in [0.1, 0.15) is 18.1 Å². The number of fused-ring (bicyclic) bond motifs is 1. The fraction of sp³-hybridized carbons (Fsp3) is 0.0909. The van der Waals surface area contributed by atoms with Crippen molar-refractivity contribution in [2.75, 3.05) is 0 Å². The Morgan fingerprint density at radius 3 is 2.69 bits per heavy atom. The van der Waals surface area contributed by atoms with Crippen LogP contribution in [-0.2, 0) is 6.61 Å². The molecule has 29 heavy (non-hydrogen) atoms. The predicted molar refractivity (Wildman–Crippen MR) is 111 cm³/mol. The summed E-state index contributed by atoms with van der Waals surface area (Å²) < 4.78 is 7.17. The van der Waals surface area contributed by atoms with Crippen LogP contribution in [0.1, 0.15) is 23.1 Å². The lowest BCUT2D eigenvalue weighted by atomic mass is 10.1. The van der Waals surface area contributed by atoms with E-state index in [1.165, 1.54) is 17.6 Å². The highest BCUT2D eigenvalue weighted by Crippen LogP contribution is 2.18. The molecule has 0 fully saturated rings. The van der Waals surface area contributed by atoms with Crippen LogP contribution in [0, 0.1) is 0 Å². The van der Waals surface area contributed by atoms with E-state index in [0.29, 0.717) is 33.4 Å². The minimum Gasteiger partial charge on any atom is -0.487 e. The largest absolute Gasteiger partial charge is 0.487 e. The van der Waals surface area contributed by atoms with Gasteiger partial charge in [0.05, 0.1) is 16.2 Å². The Bertz CT molecular complexity index is 1270. The number of rotatable bonds is 5. The van der Waals surface area contributed by atoms with E-state index in [9.17, 15) is 9.59 Å². The predicted octanol–water partition coefficient (Wildman–Crippen LogP) is 4.22. The molecule has 144 valence electrons. The van der Waals surface area contributed by atoms with Gasteiger partial charge in [-0.2, -0.15) is 0 Å². The zero-order valence-corrected chi connectivity index (χ0v) is 16.3. The van der Waals surface area contributed by atoms with Crippen molar-refractivity contribution < 1.29 is 9.53 Å². The second kappa shape index (κ2) is 7.85. The average molecular weight is 406 g/mol. The zero-order valence-electron chi connectivity index (χ0n) is 15.5. The van der Waals surface area contributed by atoms with Gasteiger partial charge < -0.3 is 4.74 Å². The van der Waals surface area contributed by atoms with Crippen molar-refractivity contribution in [3.8, 4) is 11.4 Å². The van der Waals surface area contributed by atoms with Gasteiger partial charge in [0.2, 0.25) is 0 Å². The first-order valence-electron chi connectivity index (χ1n) is 8.88. The average Bonchev–Trinajstić information content (AvgIpc) is 2.72. The first-order valence-corrected chi connectivity index (χ1v) is 9.25. The molecule has 0 saturated heterocycles. The van der Waals surface area contributed by atoms with E-state index in [2.05, 4.69) is 9.97 Å².